The number of carbonyl (C=O) groups excluding carboxylic acids is 1. The van der Waals surface area contributed by atoms with Crippen LogP contribution in [0.4, 0.5) is 0 Å². The summed E-state index contributed by atoms with van der Waals surface area (Å²) in [4.78, 5) is 34.5. The number of hydrogen-bond acceptors (Lipinski definition) is 10. The molecule has 0 fully saturated rings. The van der Waals surface area contributed by atoms with Crippen molar-refractivity contribution in [3.63, 3.8) is 0 Å². The van der Waals surface area contributed by atoms with Crippen molar-refractivity contribution in [1.29, 1.82) is 0 Å². The molecule has 0 aliphatic carbocycles. The third kappa shape index (κ3) is 14.1. The van der Waals surface area contributed by atoms with E-state index in [1.165, 1.54) is 33.3 Å². The first-order chi connectivity index (χ1) is 14.3. The molecule has 11 nitrogen and oxygen atoms in total. The lowest BCUT2D eigenvalue weighted by Crippen LogP contribution is -2.40. The highest BCUT2D eigenvalue weighted by Gasteiger charge is 2.47. The zero-order chi connectivity index (χ0) is 22.9. The minimum absolute atomic E-state index is 0.0689. The largest absolute Gasteiger partial charge is 0.423 e. The van der Waals surface area contributed by atoms with Gasteiger partial charge in [-0.05, 0) is 45.4 Å². The monoisotopic (exact) mass is 476 g/mol. The second-order valence-corrected chi connectivity index (χ2v) is 11.3. The van der Waals surface area contributed by atoms with Crippen LogP contribution in [0.2, 0.25) is 0 Å². The second-order valence-electron chi connectivity index (χ2n) is 6.67. The van der Waals surface area contributed by atoms with E-state index in [9.17, 15) is 14.6 Å². The Balaban J connectivity index is 4.34. The molecule has 0 spiro atoms. The fourth-order valence-electron chi connectivity index (χ4n) is 2.50. The van der Waals surface area contributed by atoms with E-state index in [1.54, 1.807) is 0 Å². The third-order valence-electron chi connectivity index (χ3n) is 4.25. The molecule has 0 aromatic rings. The minimum atomic E-state index is -3.18. The molecular weight excluding hydrogens is 434 g/mol. The van der Waals surface area contributed by atoms with Crippen molar-refractivity contribution in [2.75, 3.05) is 80.3 Å². The highest BCUT2D eigenvalue weighted by molar-refractivity contribution is 7.61. The van der Waals surface area contributed by atoms with Gasteiger partial charge in [-0.3, -0.25) is 4.79 Å². The van der Waals surface area contributed by atoms with Gasteiger partial charge in [0.25, 0.3) is 0 Å². The highest BCUT2D eigenvalue weighted by atomic mass is 31.2. The molecular formula is C17H42N4O7P2+2. The molecule has 0 rings (SSSR count). The number of nitrogens with one attached hydrogen (secondary N) is 3. The molecule has 1 amide bonds. The zero-order valence-corrected chi connectivity index (χ0v) is 20.8. The minimum Gasteiger partial charge on any atom is -0.355 e. The molecule has 0 atom stereocenters. The van der Waals surface area contributed by atoms with Crippen molar-refractivity contribution >= 4 is 21.8 Å². The van der Waals surface area contributed by atoms with Crippen molar-refractivity contribution in [3.8, 4) is 0 Å². The summed E-state index contributed by atoms with van der Waals surface area (Å²) >= 11 is 0. The smallest absolute Gasteiger partial charge is 0.355 e. The topological polar surface area (TPSA) is 134 Å². The highest BCUT2D eigenvalue weighted by Crippen LogP contribution is 2.59. The van der Waals surface area contributed by atoms with E-state index in [4.69, 9.17) is 18.1 Å². The summed E-state index contributed by atoms with van der Waals surface area (Å²) in [5.74, 6) is -0.240. The van der Waals surface area contributed by atoms with E-state index in [2.05, 4.69) is 22.9 Å². The van der Waals surface area contributed by atoms with Crippen LogP contribution in [0.15, 0.2) is 0 Å². The number of rotatable bonds is 20. The molecule has 0 saturated carbocycles. The number of carbonyl (C=O) groups is 1. The molecule has 0 aromatic carbocycles. The van der Waals surface area contributed by atoms with Gasteiger partial charge in [0.2, 0.25) is 5.91 Å². The van der Waals surface area contributed by atoms with E-state index in [1.807, 2.05) is 0 Å². The molecule has 13 heteroatoms. The van der Waals surface area contributed by atoms with Crippen molar-refractivity contribution in [2.45, 2.75) is 26.2 Å². The first kappa shape index (κ1) is 30.0. The third-order valence-corrected chi connectivity index (χ3v) is 8.05. The Bertz CT molecular complexity index is 424. The van der Waals surface area contributed by atoms with Gasteiger partial charge in [0.05, 0.1) is 35.0 Å². The standard InChI is InChI=1S/C17H41N4O7P2/c1-6-9-18-10-7-11-19-12-8-13-20-17(22)14-21(15-29(23,25-2)26-3)16-30(24,27-4)28-5/h18-19,23-24H,6-16H2,1-5H3/q+1/p+1. The van der Waals surface area contributed by atoms with E-state index in [0.717, 1.165) is 45.4 Å². The van der Waals surface area contributed by atoms with Gasteiger partial charge < -0.3 is 16.0 Å². The molecule has 0 aliphatic heterocycles. The summed E-state index contributed by atoms with van der Waals surface area (Å²) in [5.41, 5.74) is 0. The molecule has 5 N–H and O–H groups in total. The van der Waals surface area contributed by atoms with Crippen LogP contribution in [0.3, 0.4) is 0 Å². The molecule has 0 aliphatic rings. The molecule has 0 unspecified atom stereocenters. The van der Waals surface area contributed by atoms with Gasteiger partial charge in [0, 0.05) is 6.54 Å². The predicted molar refractivity (Wildman–Crippen MR) is 121 cm³/mol. The molecule has 30 heavy (non-hydrogen) atoms. The maximum Gasteiger partial charge on any atom is 0.423 e. The van der Waals surface area contributed by atoms with Crippen LogP contribution in [-0.4, -0.2) is 101 Å². The average Bonchev–Trinajstić information content (AvgIpc) is 2.74. The normalized spacial score (nSPS) is 12.5. The summed E-state index contributed by atoms with van der Waals surface area (Å²) < 4.78 is 20.2. The maximum absolute atomic E-state index is 12.3. The quantitative estimate of drug-likeness (QED) is 0.127. The molecule has 0 saturated heterocycles. The van der Waals surface area contributed by atoms with Crippen molar-refractivity contribution < 1.29 is 32.7 Å². The van der Waals surface area contributed by atoms with Crippen molar-refractivity contribution in [1.82, 2.24) is 20.9 Å². The number of nitrogens with zero attached hydrogens (tertiary/aromatic N) is 1. The van der Waals surface area contributed by atoms with Gasteiger partial charge in [0.15, 0.2) is 12.6 Å². The van der Waals surface area contributed by atoms with Gasteiger partial charge in [-0.25, -0.2) is 4.90 Å². The Morgan fingerprint density at radius 1 is 0.800 bits per heavy atom. The van der Waals surface area contributed by atoms with E-state index in [-0.39, 0.29) is 25.0 Å². The van der Waals surface area contributed by atoms with Gasteiger partial charge >= 0.3 is 15.9 Å². The first-order valence-corrected chi connectivity index (χ1v) is 13.7. The van der Waals surface area contributed by atoms with E-state index in [0.29, 0.717) is 6.54 Å². The Hall–Kier alpha value is -0.0300. The summed E-state index contributed by atoms with van der Waals surface area (Å²) in [7, 11) is -1.04. The van der Waals surface area contributed by atoms with Crippen LogP contribution in [-0.2, 0) is 22.9 Å². The van der Waals surface area contributed by atoms with Crippen molar-refractivity contribution in [3.05, 3.63) is 0 Å². The van der Waals surface area contributed by atoms with Gasteiger partial charge in [-0.1, -0.05) is 6.92 Å². The van der Waals surface area contributed by atoms with Gasteiger partial charge in [-0.2, -0.15) is 27.9 Å². The number of amides is 1. The summed E-state index contributed by atoms with van der Waals surface area (Å²) in [6.45, 7) is 6.40. The Labute approximate surface area is 182 Å². The Kier molecular flexibility index (Phi) is 17.5. The Morgan fingerprint density at radius 3 is 1.67 bits per heavy atom. The molecule has 0 heterocycles. The average molecular weight is 476 g/mol. The van der Waals surface area contributed by atoms with Crippen LogP contribution in [0.25, 0.3) is 0 Å². The molecule has 180 valence electrons. The van der Waals surface area contributed by atoms with E-state index >= 15 is 0 Å². The lowest BCUT2D eigenvalue weighted by Gasteiger charge is -2.25. The lowest BCUT2D eigenvalue weighted by molar-refractivity contribution is -0.121. The summed E-state index contributed by atoms with van der Waals surface area (Å²) in [6, 6.07) is 0. The first-order valence-electron chi connectivity index (χ1n) is 10.1. The summed E-state index contributed by atoms with van der Waals surface area (Å²) in [6.07, 6.45) is 2.86. The van der Waals surface area contributed by atoms with E-state index < -0.39 is 15.9 Å². The van der Waals surface area contributed by atoms with Crippen LogP contribution in [0.1, 0.15) is 26.2 Å². The lowest BCUT2D eigenvalue weighted by atomic mass is 10.3. The molecule has 0 aromatic heterocycles. The van der Waals surface area contributed by atoms with Crippen molar-refractivity contribution in [2.24, 2.45) is 0 Å². The SMILES string of the molecule is CCCNCCCNCCCNC(=O)CN(C[P+](O)(OC)OC)C[P+](O)(OC)OC. The van der Waals surface area contributed by atoms with Gasteiger partial charge in [-0.15, -0.1) is 0 Å². The summed E-state index contributed by atoms with van der Waals surface area (Å²) in [5, 5.41) is 9.54. The predicted octanol–water partition coefficient (Wildman–Crippen LogP) is 0.784. The number of hydrogen-bond donors (Lipinski definition) is 5. The Morgan fingerprint density at radius 2 is 1.23 bits per heavy atom. The van der Waals surface area contributed by atoms with Gasteiger partial charge in [0.1, 0.15) is 0 Å². The fourth-order valence-corrected chi connectivity index (χ4v) is 4.82. The maximum atomic E-state index is 12.3. The van der Waals surface area contributed by atoms with Crippen LogP contribution in [0.5, 0.6) is 0 Å². The van der Waals surface area contributed by atoms with Crippen LogP contribution < -0.4 is 16.0 Å². The zero-order valence-electron chi connectivity index (χ0n) is 19.1. The molecule has 0 radical (unpaired) electrons. The second kappa shape index (κ2) is 17.5. The molecule has 0 bridgehead atoms. The van der Waals surface area contributed by atoms with Crippen LogP contribution in [0, 0.1) is 0 Å². The van der Waals surface area contributed by atoms with Crippen LogP contribution >= 0.6 is 15.9 Å². The fraction of sp³-hybridized carbons (Fsp3) is 0.941.